The number of nitrogens with zero attached hydrogens (tertiary/aromatic N) is 2. The number of carbonyl (C=O) groups excluding carboxylic acids is 1. The Morgan fingerprint density at radius 1 is 1.36 bits per heavy atom. The Morgan fingerprint density at radius 3 is 2.64 bits per heavy atom. The minimum Gasteiger partial charge on any atom is -0.493 e. The minimum absolute atomic E-state index is 0.00925. The minimum atomic E-state index is -0.498. The lowest BCUT2D eigenvalue weighted by Gasteiger charge is -2.27. The summed E-state index contributed by atoms with van der Waals surface area (Å²) < 4.78 is 16.1. The Morgan fingerprint density at radius 2 is 2.07 bits per heavy atom. The van der Waals surface area contributed by atoms with Gasteiger partial charge in [0.05, 0.1) is 18.6 Å². The maximum Gasteiger partial charge on any atom is 0.308 e. The van der Waals surface area contributed by atoms with Gasteiger partial charge in [-0.05, 0) is 17.7 Å². The van der Waals surface area contributed by atoms with Gasteiger partial charge >= 0.3 is 5.97 Å². The van der Waals surface area contributed by atoms with Crippen LogP contribution in [0.3, 0.4) is 0 Å². The highest BCUT2D eigenvalue weighted by molar-refractivity contribution is 5.70. The molecule has 28 heavy (non-hydrogen) atoms. The fourth-order valence-corrected chi connectivity index (χ4v) is 3.25. The van der Waals surface area contributed by atoms with Gasteiger partial charge < -0.3 is 19.9 Å². The number of methoxy groups -OCH3 is 1. The Hall–Kier alpha value is -3.47. The van der Waals surface area contributed by atoms with Crippen LogP contribution >= 0.6 is 0 Å². The standard InChI is InChI=1S/C20H22N4O4/c1-10(25)27-13-7-6-11(8-14(13)26-5)15-12(9-21)18(22)28-19-16(15)17(23-24-19)20(2,3)4/h6-8,15H,22H2,1-5H3,(H,23,24)/t15-/m0/s1. The Kier molecular flexibility index (Phi) is 4.77. The summed E-state index contributed by atoms with van der Waals surface area (Å²) in [5, 5.41) is 17.0. The third-order valence-electron chi connectivity index (χ3n) is 4.46. The summed E-state index contributed by atoms with van der Waals surface area (Å²) in [4.78, 5) is 11.3. The molecule has 8 nitrogen and oxygen atoms in total. The molecule has 3 rings (SSSR count). The number of nitrogens with two attached hydrogens (primary N) is 1. The van der Waals surface area contributed by atoms with E-state index in [0.717, 1.165) is 16.8 Å². The predicted octanol–water partition coefficient (Wildman–Crippen LogP) is 2.86. The van der Waals surface area contributed by atoms with Gasteiger partial charge in [0, 0.05) is 18.0 Å². The normalized spacial score (nSPS) is 16.1. The third kappa shape index (κ3) is 3.27. The quantitative estimate of drug-likeness (QED) is 0.618. The zero-order valence-electron chi connectivity index (χ0n) is 16.4. The first-order chi connectivity index (χ1) is 13.2. The maximum absolute atomic E-state index is 11.3. The first-order valence-corrected chi connectivity index (χ1v) is 8.70. The number of benzene rings is 1. The molecular weight excluding hydrogens is 360 g/mol. The van der Waals surface area contributed by atoms with Crippen molar-refractivity contribution in [3.63, 3.8) is 0 Å². The molecule has 0 fully saturated rings. The molecule has 8 heteroatoms. The number of rotatable bonds is 3. The molecular formula is C20H22N4O4. The summed E-state index contributed by atoms with van der Waals surface area (Å²) in [6, 6.07) is 7.28. The first kappa shape index (κ1) is 19.3. The van der Waals surface area contributed by atoms with Gasteiger partial charge in [-0.25, -0.2) is 0 Å². The van der Waals surface area contributed by atoms with E-state index >= 15 is 0 Å². The lowest BCUT2D eigenvalue weighted by molar-refractivity contribution is -0.132. The van der Waals surface area contributed by atoms with E-state index in [9.17, 15) is 10.1 Å². The van der Waals surface area contributed by atoms with E-state index in [1.807, 2.05) is 20.8 Å². The van der Waals surface area contributed by atoms with Crippen LogP contribution < -0.4 is 19.9 Å². The molecule has 1 aliphatic heterocycles. The number of H-pyrrole nitrogens is 1. The van der Waals surface area contributed by atoms with Crippen molar-refractivity contribution in [1.82, 2.24) is 10.2 Å². The SMILES string of the molecule is COc1cc([C@H]2C(C#N)=C(N)Oc3n[nH]c(C(C)(C)C)c32)ccc1OC(C)=O. The molecule has 1 atom stereocenters. The van der Waals surface area contributed by atoms with Crippen molar-refractivity contribution >= 4 is 5.97 Å². The Labute approximate surface area is 162 Å². The molecule has 1 aromatic carbocycles. The van der Waals surface area contributed by atoms with E-state index in [2.05, 4.69) is 16.3 Å². The van der Waals surface area contributed by atoms with Crippen LogP contribution in [0.5, 0.6) is 17.4 Å². The molecule has 0 unspecified atom stereocenters. The fraction of sp³-hybridized carbons (Fsp3) is 0.350. The van der Waals surface area contributed by atoms with E-state index in [1.165, 1.54) is 14.0 Å². The van der Waals surface area contributed by atoms with Crippen molar-refractivity contribution in [2.75, 3.05) is 7.11 Å². The molecule has 0 radical (unpaired) electrons. The second-order valence-electron chi connectivity index (χ2n) is 7.50. The van der Waals surface area contributed by atoms with E-state index in [4.69, 9.17) is 19.9 Å². The highest BCUT2D eigenvalue weighted by atomic mass is 16.6. The lowest BCUT2D eigenvalue weighted by atomic mass is 9.79. The van der Waals surface area contributed by atoms with Crippen LogP contribution in [0.4, 0.5) is 0 Å². The average molecular weight is 382 g/mol. The van der Waals surface area contributed by atoms with Gasteiger partial charge in [-0.3, -0.25) is 9.89 Å². The number of ether oxygens (including phenoxy) is 3. The molecule has 1 aromatic heterocycles. The molecule has 2 heterocycles. The molecule has 0 amide bonds. The van der Waals surface area contributed by atoms with Crippen molar-refractivity contribution in [2.45, 2.75) is 39.0 Å². The summed E-state index contributed by atoms with van der Waals surface area (Å²) >= 11 is 0. The van der Waals surface area contributed by atoms with Crippen molar-refractivity contribution in [3.8, 4) is 23.4 Å². The van der Waals surface area contributed by atoms with Crippen LogP contribution in [-0.4, -0.2) is 23.3 Å². The molecule has 0 saturated heterocycles. The van der Waals surface area contributed by atoms with Crippen LogP contribution in [0.25, 0.3) is 0 Å². The topological polar surface area (TPSA) is 123 Å². The average Bonchev–Trinajstić information content (AvgIpc) is 3.04. The number of hydrogen-bond acceptors (Lipinski definition) is 7. The summed E-state index contributed by atoms with van der Waals surface area (Å²) in [6.07, 6.45) is 0. The van der Waals surface area contributed by atoms with Gasteiger partial charge in [-0.15, -0.1) is 5.10 Å². The summed E-state index contributed by atoms with van der Waals surface area (Å²) in [5.41, 5.74) is 8.34. The summed E-state index contributed by atoms with van der Waals surface area (Å²) in [6.45, 7) is 7.43. The maximum atomic E-state index is 11.3. The van der Waals surface area contributed by atoms with Crippen LogP contribution in [0.1, 0.15) is 50.4 Å². The van der Waals surface area contributed by atoms with Crippen molar-refractivity contribution < 1.29 is 19.0 Å². The van der Waals surface area contributed by atoms with Crippen LogP contribution in [0.15, 0.2) is 29.7 Å². The van der Waals surface area contributed by atoms with E-state index < -0.39 is 11.9 Å². The van der Waals surface area contributed by atoms with Gasteiger partial charge in [-0.1, -0.05) is 26.8 Å². The van der Waals surface area contributed by atoms with Gasteiger partial charge in [0.2, 0.25) is 11.8 Å². The predicted molar refractivity (Wildman–Crippen MR) is 101 cm³/mol. The van der Waals surface area contributed by atoms with Crippen LogP contribution in [0.2, 0.25) is 0 Å². The second-order valence-corrected chi connectivity index (χ2v) is 7.50. The van der Waals surface area contributed by atoms with E-state index in [1.54, 1.807) is 18.2 Å². The molecule has 146 valence electrons. The van der Waals surface area contributed by atoms with Gasteiger partial charge in [0.1, 0.15) is 11.6 Å². The van der Waals surface area contributed by atoms with Crippen molar-refractivity contribution in [1.29, 1.82) is 5.26 Å². The van der Waals surface area contributed by atoms with E-state index in [0.29, 0.717) is 17.4 Å². The van der Waals surface area contributed by atoms with Crippen LogP contribution in [-0.2, 0) is 10.2 Å². The number of hydrogen-bond donors (Lipinski definition) is 2. The second kappa shape index (κ2) is 6.93. The molecule has 0 aliphatic carbocycles. The van der Waals surface area contributed by atoms with Gasteiger partial charge in [-0.2, -0.15) is 5.26 Å². The molecule has 2 aromatic rings. The molecule has 3 N–H and O–H groups in total. The van der Waals surface area contributed by atoms with Crippen LogP contribution in [0, 0.1) is 11.3 Å². The zero-order valence-corrected chi connectivity index (χ0v) is 16.4. The third-order valence-corrected chi connectivity index (χ3v) is 4.46. The number of nitriles is 1. The fourth-order valence-electron chi connectivity index (χ4n) is 3.25. The lowest BCUT2D eigenvalue weighted by Crippen LogP contribution is -2.24. The monoisotopic (exact) mass is 382 g/mol. The van der Waals surface area contributed by atoms with Crippen molar-refractivity contribution in [3.05, 3.63) is 46.5 Å². The number of esters is 1. The Bertz CT molecular complexity index is 1010. The highest BCUT2D eigenvalue weighted by Crippen LogP contribution is 2.46. The number of aromatic nitrogens is 2. The smallest absolute Gasteiger partial charge is 0.308 e. The molecule has 0 saturated carbocycles. The number of fused-ring (bicyclic) bond motifs is 1. The molecule has 0 spiro atoms. The molecule has 0 bridgehead atoms. The summed E-state index contributed by atoms with van der Waals surface area (Å²) in [5.74, 6) is 0.0692. The highest BCUT2D eigenvalue weighted by Gasteiger charge is 2.38. The number of allylic oxidation sites excluding steroid dienone is 1. The molecule has 1 aliphatic rings. The van der Waals surface area contributed by atoms with E-state index in [-0.39, 0.29) is 16.9 Å². The number of carbonyl (C=O) groups is 1. The zero-order chi connectivity index (χ0) is 20.6. The number of aromatic amines is 1. The van der Waals surface area contributed by atoms with Gasteiger partial charge in [0.15, 0.2) is 11.5 Å². The largest absolute Gasteiger partial charge is 0.493 e. The van der Waals surface area contributed by atoms with Gasteiger partial charge in [0.25, 0.3) is 0 Å². The Balaban J connectivity index is 2.22. The summed E-state index contributed by atoms with van der Waals surface area (Å²) in [7, 11) is 1.48. The first-order valence-electron chi connectivity index (χ1n) is 8.70. The number of nitrogens with one attached hydrogen (secondary N) is 1. The van der Waals surface area contributed by atoms with Crippen molar-refractivity contribution in [2.24, 2.45) is 5.73 Å².